The highest BCUT2D eigenvalue weighted by Gasteiger charge is 1.95. The van der Waals surface area contributed by atoms with Crippen molar-refractivity contribution in [1.29, 1.82) is 0 Å². The largest absolute Gasteiger partial charge is 0.385 e. The summed E-state index contributed by atoms with van der Waals surface area (Å²) < 4.78 is 10.4. The molecule has 0 atom stereocenters. The van der Waals surface area contributed by atoms with E-state index in [1.165, 1.54) is 5.56 Å². The Hall–Kier alpha value is -1.06. The van der Waals surface area contributed by atoms with E-state index in [2.05, 4.69) is 30.4 Å². The third-order valence-electron chi connectivity index (χ3n) is 2.21. The van der Waals surface area contributed by atoms with Crippen LogP contribution in [0.3, 0.4) is 0 Å². The first kappa shape index (κ1) is 13.0. The van der Waals surface area contributed by atoms with Gasteiger partial charge in [0.15, 0.2) is 0 Å². The van der Waals surface area contributed by atoms with E-state index < -0.39 is 0 Å². The summed E-state index contributed by atoms with van der Waals surface area (Å²) >= 11 is 0. The van der Waals surface area contributed by atoms with Gasteiger partial charge in [0.2, 0.25) is 0 Å². The lowest BCUT2D eigenvalue weighted by atomic mass is 10.2. The van der Waals surface area contributed by atoms with Gasteiger partial charge in [-0.3, -0.25) is 0 Å². The fraction of sp³-hybridized carbons (Fsp3) is 0.538. The molecule has 0 spiro atoms. The molecule has 0 aliphatic carbocycles. The number of hydrogen-bond donors (Lipinski definition) is 1. The van der Waals surface area contributed by atoms with Gasteiger partial charge in [0.25, 0.3) is 0 Å². The average molecular weight is 223 g/mol. The predicted octanol–water partition coefficient (Wildman–Crippen LogP) is 2.67. The van der Waals surface area contributed by atoms with Crippen molar-refractivity contribution in [2.75, 3.05) is 32.2 Å². The number of benzene rings is 1. The Labute approximate surface area is 97.8 Å². The van der Waals surface area contributed by atoms with E-state index in [1.54, 1.807) is 7.11 Å². The van der Waals surface area contributed by atoms with Gasteiger partial charge >= 0.3 is 0 Å². The molecule has 0 radical (unpaired) electrons. The van der Waals surface area contributed by atoms with Crippen LogP contribution in [-0.2, 0) is 16.1 Å². The SMILES string of the molecule is CCCNc1cccc(COCCOC)c1. The summed E-state index contributed by atoms with van der Waals surface area (Å²) in [4.78, 5) is 0. The Balaban J connectivity index is 2.35. The molecule has 1 aromatic rings. The number of methoxy groups -OCH3 is 1. The van der Waals surface area contributed by atoms with Crippen LogP contribution in [0, 0.1) is 0 Å². The zero-order valence-electron chi connectivity index (χ0n) is 10.2. The van der Waals surface area contributed by atoms with Crippen LogP contribution in [-0.4, -0.2) is 26.9 Å². The number of ether oxygens (including phenoxy) is 2. The molecule has 3 nitrogen and oxygen atoms in total. The minimum absolute atomic E-state index is 0.642. The fourth-order valence-corrected chi connectivity index (χ4v) is 1.37. The molecule has 1 rings (SSSR count). The molecule has 0 amide bonds. The summed E-state index contributed by atoms with van der Waals surface area (Å²) in [7, 11) is 1.68. The van der Waals surface area contributed by atoms with E-state index in [9.17, 15) is 0 Å². The molecule has 1 aromatic carbocycles. The number of rotatable bonds is 8. The second kappa shape index (κ2) is 8.13. The highest BCUT2D eigenvalue weighted by Crippen LogP contribution is 2.11. The fourth-order valence-electron chi connectivity index (χ4n) is 1.37. The van der Waals surface area contributed by atoms with Crippen molar-refractivity contribution >= 4 is 5.69 Å². The third-order valence-corrected chi connectivity index (χ3v) is 2.21. The molecule has 0 aliphatic rings. The molecule has 0 bridgehead atoms. The van der Waals surface area contributed by atoms with Crippen molar-refractivity contribution in [1.82, 2.24) is 0 Å². The minimum Gasteiger partial charge on any atom is -0.385 e. The third kappa shape index (κ3) is 5.14. The molecule has 0 aromatic heterocycles. The minimum atomic E-state index is 0.642. The summed E-state index contributed by atoms with van der Waals surface area (Å²) in [6.07, 6.45) is 1.13. The summed E-state index contributed by atoms with van der Waals surface area (Å²) in [5, 5.41) is 3.36. The molecular formula is C13H21NO2. The van der Waals surface area contributed by atoms with Crippen molar-refractivity contribution in [2.24, 2.45) is 0 Å². The molecular weight excluding hydrogens is 202 g/mol. The van der Waals surface area contributed by atoms with Crippen LogP contribution in [0.2, 0.25) is 0 Å². The van der Waals surface area contributed by atoms with Crippen molar-refractivity contribution in [3.05, 3.63) is 29.8 Å². The van der Waals surface area contributed by atoms with Crippen molar-refractivity contribution < 1.29 is 9.47 Å². The van der Waals surface area contributed by atoms with E-state index in [0.29, 0.717) is 19.8 Å². The molecule has 0 saturated heterocycles. The molecule has 0 heterocycles. The number of hydrogen-bond acceptors (Lipinski definition) is 3. The second-order valence-electron chi connectivity index (χ2n) is 3.67. The molecule has 0 unspecified atom stereocenters. The Morgan fingerprint density at radius 3 is 2.88 bits per heavy atom. The van der Waals surface area contributed by atoms with Gasteiger partial charge in [-0.05, 0) is 24.1 Å². The summed E-state index contributed by atoms with van der Waals surface area (Å²) in [6, 6.07) is 8.33. The second-order valence-corrected chi connectivity index (χ2v) is 3.67. The van der Waals surface area contributed by atoms with E-state index >= 15 is 0 Å². The van der Waals surface area contributed by atoms with E-state index in [1.807, 2.05) is 6.07 Å². The molecule has 0 aliphatic heterocycles. The van der Waals surface area contributed by atoms with Gasteiger partial charge in [0.05, 0.1) is 19.8 Å². The van der Waals surface area contributed by atoms with Crippen molar-refractivity contribution in [3.63, 3.8) is 0 Å². The van der Waals surface area contributed by atoms with Crippen LogP contribution >= 0.6 is 0 Å². The first-order chi connectivity index (χ1) is 7.86. The molecule has 16 heavy (non-hydrogen) atoms. The van der Waals surface area contributed by atoms with Crippen LogP contribution in [0.25, 0.3) is 0 Å². The molecule has 90 valence electrons. The van der Waals surface area contributed by atoms with Crippen LogP contribution in [0.1, 0.15) is 18.9 Å². The molecule has 0 fully saturated rings. The maximum atomic E-state index is 5.47. The standard InChI is InChI=1S/C13H21NO2/c1-3-7-14-13-6-4-5-12(10-13)11-16-9-8-15-2/h4-6,10,14H,3,7-9,11H2,1-2H3. The Kier molecular flexibility index (Phi) is 6.61. The van der Waals surface area contributed by atoms with Gasteiger partial charge < -0.3 is 14.8 Å². The number of anilines is 1. The van der Waals surface area contributed by atoms with Crippen LogP contribution in [0.4, 0.5) is 5.69 Å². The zero-order valence-corrected chi connectivity index (χ0v) is 10.2. The topological polar surface area (TPSA) is 30.5 Å². The zero-order chi connectivity index (χ0) is 11.6. The molecule has 1 N–H and O–H groups in total. The molecule has 3 heteroatoms. The maximum absolute atomic E-state index is 5.47. The highest BCUT2D eigenvalue weighted by atomic mass is 16.5. The quantitative estimate of drug-likeness (QED) is 0.687. The Bertz CT molecular complexity index is 289. The van der Waals surface area contributed by atoms with Crippen LogP contribution < -0.4 is 5.32 Å². The van der Waals surface area contributed by atoms with Crippen LogP contribution in [0.5, 0.6) is 0 Å². The lowest BCUT2D eigenvalue weighted by Gasteiger charge is -2.08. The van der Waals surface area contributed by atoms with Crippen molar-refractivity contribution in [2.45, 2.75) is 20.0 Å². The monoisotopic (exact) mass is 223 g/mol. The van der Waals surface area contributed by atoms with E-state index in [0.717, 1.165) is 18.7 Å². The first-order valence-electron chi connectivity index (χ1n) is 5.76. The van der Waals surface area contributed by atoms with Gasteiger partial charge in [-0.25, -0.2) is 0 Å². The smallest absolute Gasteiger partial charge is 0.0718 e. The maximum Gasteiger partial charge on any atom is 0.0718 e. The van der Waals surface area contributed by atoms with E-state index in [4.69, 9.17) is 9.47 Å². The average Bonchev–Trinajstić information content (AvgIpc) is 2.33. The van der Waals surface area contributed by atoms with E-state index in [-0.39, 0.29) is 0 Å². The first-order valence-corrected chi connectivity index (χ1v) is 5.76. The van der Waals surface area contributed by atoms with Gasteiger partial charge in [-0.1, -0.05) is 19.1 Å². The summed E-state index contributed by atoms with van der Waals surface area (Å²) in [5.41, 5.74) is 2.35. The Morgan fingerprint density at radius 2 is 2.12 bits per heavy atom. The van der Waals surface area contributed by atoms with Gasteiger partial charge in [0, 0.05) is 19.3 Å². The lowest BCUT2D eigenvalue weighted by Crippen LogP contribution is -2.03. The predicted molar refractivity (Wildman–Crippen MR) is 66.8 cm³/mol. The number of nitrogens with one attached hydrogen (secondary N) is 1. The summed E-state index contributed by atoms with van der Waals surface area (Å²) in [5.74, 6) is 0. The van der Waals surface area contributed by atoms with Gasteiger partial charge in [-0.15, -0.1) is 0 Å². The Morgan fingerprint density at radius 1 is 1.25 bits per heavy atom. The lowest BCUT2D eigenvalue weighted by molar-refractivity contribution is 0.0617. The molecule has 0 saturated carbocycles. The van der Waals surface area contributed by atoms with Crippen LogP contribution in [0.15, 0.2) is 24.3 Å². The highest BCUT2D eigenvalue weighted by molar-refractivity contribution is 5.45. The van der Waals surface area contributed by atoms with Gasteiger partial charge in [0.1, 0.15) is 0 Å². The summed E-state index contributed by atoms with van der Waals surface area (Å²) in [6.45, 7) is 5.10. The van der Waals surface area contributed by atoms with Gasteiger partial charge in [-0.2, -0.15) is 0 Å². The van der Waals surface area contributed by atoms with Crippen molar-refractivity contribution in [3.8, 4) is 0 Å². The normalized spacial score (nSPS) is 10.4.